The van der Waals surface area contributed by atoms with Crippen molar-refractivity contribution in [3.63, 3.8) is 0 Å². The lowest BCUT2D eigenvalue weighted by molar-refractivity contribution is -0.242. The number of alkyl halides is 2. The second-order valence-corrected chi connectivity index (χ2v) is 11.3. The molecule has 3 aliphatic rings. The second kappa shape index (κ2) is 11.5. The first-order chi connectivity index (χ1) is 18.2. The van der Waals surface area contributed by atoms with Gasteiger partial charge in [-0.2, -0.15) is 8.78 Å². The van der Waals surface area contributed by atoms with E-state index < -0.39 is 41.5 Å². The third kappa shape index (κ3) is 6.17. The summed E-state index contributed by atoms with van der Waals surface area (Å²) >= 11 is 0. The molecule has 0 aromatic heterocycles. The molecular formula is C30H35F5O3. The van der Waals surface area contributed by atoms with E-state index in [2.05, 4.69) is 35.9 Å². The minimum absolute atomic E-state index is 0.0141. The van der Waals surface area contributed by atoms with E-state index in [-0.39, 0.29) is 24.7 Å². The van der Waals surface area contributed by atoms with Gasteiger partial charge in [-0.1, -0.05) is 44.0 Å². The van der Waals surface area contributed by atoms with Gasteiger partial charge in [-0.25, -0.2) is 13.2 Å². The van der Waals surface area contributed by atoms with E-state index in [4.69, 9.17) is 9.47 Å². The van der Waals surface area contributed by atoms with Crippen LogP contribution in [0, 0.1) is 35.2 Å². The maximum absolute atomic E-state index is 14.7. The third-order valence-electron chi connectivity index (χ3n) is 8.66. The molecule has 1 saturated heterocycles. The first-order valence-electron chi connectivity index (χ1n) is 13.7. The number of benzene rings is 2. The van der Waals surface area contributed by atoms with Gasteiger partial charge >= 0.3 is 6.11 Å². The van der Waals surface area contributed by atoms with E-state index in [0.717, 1.165) is 5.92 Å². The quantitative estimate of drug-likeness (QED) is 0.273. The summed E-state index contributed by atoms with van der Waals surface area (Å²) in [5.41, 5.74) is 2.59. The van der Waals surface area contributed by atoms with Crippen molar-refractivity contribution in [2.24, 2.45) is 17.8 Å². The van der Waals surface area contributed by atoms with E-state index in [1.165, 1.54) is 36.8 Å². The molecule has 2 aromatic carbocycles. The number of ether oxygens (including phenoxy) is 3. The molecule has 1 heterocycles. The standard InChI is InChI=1S/C30H35F5O3/c1-18-2-4-19(5-3-18)20-6-8-21(9-7-20)23-16-36-29(37-17-23)22-10-12-24(13-11-22)30(34,35)38-25-14-26(31)28(33)27(32)15-25/h6-9,14-15,18-19,22-24,29H,2-5,10-13,16-17H2,1H3. The fraction of sp³-hybridized carbons (Fsp3) is 0.600. The van der Waals surface area contributed by atoms with Crippen LogP contribution in [0.5, 0.6) is 5.75 Å². The van der Waals surface area contributed by atoms with Crippen LogP contribution in [-0.2, 0) is 9.47 Å². The van der Waals surface area contributed by atoms with Crippen LogP contribution < -0.4 is 4.74 Å². The molecule has 2 saturated carbocycles. The molecule has 208 valence electrons. The maximum atomic E-state index is 14.7. The summed E-state index contributed by atoms with van der Waals surface area (Å²) in [7, 11) is 0. The van der Waals surface area contributed by atoms with Gasteiger partial charge in [0.2, 0.25) is 0 Å². The van der Waals surface area contributed by atoms with E-state index in [0.29, 0.717) is 44.1 Å². The molecule has 1 aliphatic heterocycles. The molecule has 3 fully saturated rings. The molecule has 2 aliphatic carbocycles. The molecule has 0 amide bonds. The molecule has 0 spiro atoms. The highest BCUT2D eigenvalue weighted by Gasteiger charge is 2.46. The monoisotopic (exact) mass is 538 g/mol. The molecule has 2 aromatic rings. The smallest absolute Gasteiger partial charge is 0.400 e. The predicted molar refractivity (Wildman–Crippen MR) is 133 cm³/mol. The molecule has 0 atom stereocenters. The second-order valence-electron chi connectivity index (χ2n) is 11.3. The van der Waals surface area contributed by atoms with Crippen LogP contribution in [0.1, 0.15) is 81.3 Å². The Bertz CT molecular complexity index is 1040. The van der Waals surface area contributed by atoms with E-state index in [9.17, 15) is 22.0 Å². The Morgan fingerprint density at radius 2 is 1.26 bits per heavy atom. The summed E-state index contributed by atoms with van der Waals surface area (Å²) in [5, 5.41) is 0. The number of halogens is 5. The largest absolute Gasteiger partial charge is 0.432 e. The SMILES string of the molecule is CC1CCC(c2ccc(C3COC(C4CCC(C(F)(F)Oc5cc(F)c(F)c(F)c5)CC4)OC3)cc2)CC1. The average Bonchev–Trinajstić information content (AvgIpc) is 2.92. The molecule has 0 unspecified atom stereocenters. The molecule has 5 rings (SSSR count). The molecular weight excluding hydrogens is 503 g/mol. The Balaban J connectivity index is 1.09. The zero-order valence-electron chi connectivity index (χ0n) is 21.6. The zero-order chi connectivity index (χ0) is 26.9. The van der Waals surface area contributed by atoms with Crippen molar-refractivity contribution >= 4 is 0 Å². The minimum Gasteiger partial charge on any atom is -0.432 e. The van der Waals surface area contributed by atoms with Crippen molar-refractivity contribution in [3.8, 4) is 5.75 Å². The Labute approximate surface area is 220 Å². The van der Waals surface area contributed by atoms with Gasteiger partial charge in [-0.3, -0.25) is 0 Å². The Kier molecular flexibility index (Phi) is 8.29. The highest BCUT2D eigenvalue weighted by Crippen LogP contribution is 2.43. The first kappa shape index (κ1) is 27.4. The van der Waals surface area contributed by atoms with Gasteiger partial charge in [-0.05, 0) is 61.5 Å². The van der Waals surface area contributed by atoms with E-state index in [1.54, 1.807) is 0 Å². The van der Waals surface area contributed by atoms with Gasteiger partial charge in [0.1, 0.15) is 5.75 Å². The van der Waals surface area contributed by atoms with Crippen LogP contribution in [0.4, 0.5) is 22.0 Å². The lowest BCUT2D eigenvalue weighted by Gasteiger charge is -2.39. The summed E-state index contributed by atoms with van der Waals surface area (Å²) in [4.78, 5) is 0. The van der Waals surface area contributed by atoms with Crippen molar-refractivity contribution in [3.05, 3.63) is 65.0 Å². The molecule has 38 heavy (non-hydrogen) atoms. The zero-order valence-corrected chi connectivity index (χ0v) is 21.6. The molecule has 3 nitrogen and oxygen atoms in total. The van der Waals surface area contributed by atoms with Crippen molar-refractivity contribution in [2.75, 3.05) is 13.2 Å². The van der Waals surface area contributed by atoms with Gasteiger partial charge in [0.15, 0.2) is 23.7 Å². The summed E-state index contributed by atoms with van der Waals surface area (Å²) in [6.45, 7) is 3.37. The lowest BCUT2D eigenvalue weighted by Crippen LogP contribution is -2.41. The molecule has 0 bridgehead atoms. The van der Waals surface area contributed by atoms with Gasteiger partial charge in [0.25, 0.3) is 0 Å². The van der Waals surface area contributed by atoms with Crippen LogP contribution >= 0.6 is 0 Å². The Morgan fingerprint density at radius 1 is 0.737 bits per heavy atom. The van der Waals surface area contributed by atoms with Crippen molar-refractivity contribution in [1.82, 2.24) is 0 Å². The minimum atomic E-state index is -3.64. The summed E-state index contributed by atoms with van der Waals surface area (Å²) in [6, 6.07) is 9.69. The highest BCUT2D eigenvalue weighted by atomic mass is 19.3. The topological polar surface area (TPSA) is 27.7 Å². The number of rotatable bonds is 6. The van der Waals surface area contributed by atoms with Gasteiger partial charge in [-0.15, -0.1) is 0 Å². The average molecular weight is 539 g/mol. The fourth-order valence-electron chi connectivity index (χ4n) is 6.18. The number of hydrogen-bond acceptors (Lipinski definition) is 3. The maximum Gasteiger partial charge on any atom is 0.400 e. The van der Waals surface area contributed by atoms with Gasteiger partial charge < -0.3 is 14.2 Å². The molecule has 0 N–H and O–H groups in total. The van der Waals surface area contributed by atoms with Gasteiger partial charge in [0, 0.05) is 24.0 Å². The van der Waals surface area contributed by atoms with Crippen LogP contribution in [0.25, 0.3) is 0 Å². The van der Waals surface area contributed by atoms with Gasteiger partial charge in [0.05, 0.1) is 19.1 Å². The third-order valence-corrected chi connectivity index (χ3v) is 8.66. The summed E-state index contributed by atoms with van der Waals surface area (Å²) in [6.07, 6.45) is 2.23. The predicted octanol–water partition coefficient (Wildman–Crippen LogP) is 8.33. The molecule has 0 radical (unpaired) electrons. The molecule has 8 heteroatoms. The summed E-state index contributed by atoms with van der Waals surface area (Å²) in [5.74, 6) is -5.13. The van der Waals surface area contributed by atoms with Crippen LogP contribution in [0.2, 0.25) is 0 Å². The summed E-state index contributed by atoms with van der Waals surface area (Å²) < 4.78 is 86.0. The van der Waals surface area contributed by atoms with Crippen molar-refractivity contribution in [2.45, 2.75) is 82.5 Å². The Hall–Kier alpha value is -2.19. The van der Waals surface area contributed by atoms with E-state index in [1.807, 2.05) is 0 Å². The van der Waals surface area contributed by atoms with Crippen molar-refractivity contribution < 1.29 is 36.2 Å². The van der Waals surface area contributed by atoms with Crippen LogP contribution in [0.15, 0.2) is 36.4 Å². The first-order valence-corrected chi connectivity index (χ1v) is 13.7. The van der Waals surface area contributed by atoms with E-state index >= 15 is 0 Å². The number of hydrogen-bond donors (Lipinski definition) is 0. The normalized spacial score (nSPS) is 30.7. The van der Waals surface area contributed by atoms with Crippen molar-refractivity contribution in [1.29, 1.82) is 0 Å². The Morgan fingerprint density at radius 3 is 1.82 bits per heavy atom. The lowest BCUT2D eigenvalue weighted by atomic mass is 9.79. The fourth-order valence-corrected chi connectivity index (χ4v) is 6.18. The van der Waals surface area contributed by atoms with Crippen LogP contribution in [0.3, 0.4) is 0 Å². The highest BCUT2D eigenvalue weighted by molar-refractivity contribution is 5.28. The van der Waals surface area contributed by atoms with Crippen LogP contribution in [-0.4, -0.2) is 25.6 Å².